The summed E-state index contributed by atoms with van der Waals surface area (Å²) >= 11 is 6.39. The largest absolute Gasteiger partial charge is 0.394 e. The summed E-state index contributed by atoms with van der Waals surface area (Å²) in [5, 5.41) is 10.9. The molecule has 5 rings (SSSR count). The molecule has 0 aliphatic carbocycles. The summed E-state index contributed by atoms with van der Waals surface area (Å²) in [6.45, 7) is 5.51. The highest BCUT2D eigenvalue weighted by Gasteiger charge is 2.56. The van der Waals surface area contributed by atoms with Crippen LogP contribution in [0.25, 0.3) is 22.1 Å². The lowest BCUT2D eigenvalue weighted by atomic mass is 10.1. The van der Waals surface area contributed by atoms with Gasteiger partial charge >= 0.3 is 0 Å². The van der Waals surface area contributed by atoms with Crippen molar-refractivity contribution >= 4 is 33.7 Å². The summed E-state index contributed by atoms with van der Waals surface area (Å²) in [5.41, 5.74) is 3.13. The molecule has 3 aromatic heterocycles. The number of halogens is 1. The van der Waals surface area contributed by atoms with Crippen LogP contribution in [0.2, 0.25) is 5.15 Å². The van der Waals surface area contributed by atoms with Crippen LogP contribution in [0.5, 0.6) is 0 Å². The molecule has 3 aromatic rings. The van der Waals surface area contributed by atoms with Crippen LogP contribution in [0.15, 0.2) is 12.4 Å². The maximum Gasteiger partial charge on any atom is 0.166 e. The average Bonchev–Trinajstić information content (AvgIpc) is 3.28. The molecule has 2 N–H and O–H groups in total. The van der Waals surface area contributed by atoms with Crippen LogP contribution in [-0.2, 0) is 14.2 Å². The number of aromatic amines is 1. The lowest BCUT2D eigenvalue weighted by Crippen LogP contribution is -2.31. The minimum absolute atomic E-state index is 0.155. The third kappa shape index (κ3) is 2.23. The molecule has 0 unspecified atom stereocenters. The van der Waals surface area contributed by atoms with Gasteiger partial charge in [-0.1, -0.05) is 11.6 Å². The van der Waals surface area contributed by atoms with Gasteiger partial charge in [-0.2, -0.15) is 0 Å². The van der Waals surface area contributed by atoms with Gasteiger partial charge in [-0.25, -0.2) is 9.97 Å². The number of nitrogens with one attached hydrogen (secondary N) is 1. The number of aliphatic hydroxyl groups is 1. The highest BCUT2D eigenvalue weighted by molar-refractivity contribution is 6.35. The molecular weight excluding hydrogens is 360 g/mol. The quantitative estimate of drug-likeness (QED) is 0.664. The van der Waals surface area contributed by atoms with Crippen molar-refractivity contribution in [2.24, 2.45) is 0 Å². The summed E-state index contributed by atoms with van der Waals surface area (Å²) in [5.74, 6) is -0.740. The van der Waals surface area contributed by atoms with Gasteiger partial charge < -0.3 is 24.3 Å². The van der Waals surface area contributed by atoms with Gasteiger partial charge in [-0.3, -0.25) is 4.57 Å². The Morgan fingerprint density at radius 2 is 2.12 bits per heavy atom. The summed E-state index contributed by atoms with van der Waals surface area (Å²) in [6.07, 6.45) is -0.0532. The van der Waals surface area contributed by atoms with Crippen molar-refractivity contribution in [3.05, 3.63) is 23.2 Å². The Kier molecular flexibility index (Phi) is 3.42. The predicted molar refractivity (Wildman–Crippen MR) is 94.0 cm³/mol. The molecule has 2 aliphatic rings. The third-order valence-corrected chi connectivity index (χ3v) is 5.25. The molecule has 26 heavy (non-hydrogen) atoms. The van der Waals surface area contributed by atoms with Crippen LogP contribution in [-0.4, -0.2) is 55.3 Å². The van der Waals surface area contributed by atoms with Crippen molar-refractivity contribution in [3.63, 3.8) is 0 Å². The molecule has 0 spiro atoms. The highest BCUT2D eigenvalue weighted by atomic mass is 35.5. The Morgan fingerprint density at radius 1 is 1.35 bits per heavy atom. The first-order chi connectivity index (χ1) is 12.4. The fourth-order valence-corrected chi connectivity index (χ4v) is 4.18. The molecule has 2 fully saturated rings. The zero-order valence-corrected chi connectivity index (χ0v) is 15.3. The van der Waals surface area contributed by atoms with Gasteiger partial charge in [0.15, 0.2) is 17.7 Å². The van der Waals surface area contributed by atoms with E-state index in [1.165, 1.54) is 0 Å². The molecular formula is C17H19ClN4O4. The van der Waals surface area contributed by atoms with Crippen molar-refractivity contribution in [2.75, 3.05) is 6.61 Å². The van der Waals surface area contributed by atoms with Gasteiger partial charge in [0.05, 0.1) is 18.5 Å². The fraction of sp³-hybridized carbons (Fsp3) is 0.529. The average molecular weight is 379 g/mol. The number of ether oxygens (including phenoxy) is 3. The lowest BCUT2D eigenvalue weighted by Gasteiger charge is -2.24. The first-order valence-electron chi connectivity index (χ1n) is 8.51. The third-order valence-electron chi connectivity index (χ3n) is 4.96. The van der Waals surface area contributed by atoms with E-state index in [4.69, 9.17) is 25.8 Å². The molecule has 2 aliphatic heterocycles. The van der Waals surface area contributed by atoms with E-state index in [9.17, 15) is 5.11 Å². The monoisotopic (exact) mass is 378 g/mol. The summed E-state index contributed by atoms with van der Waals surface area (Å²) < 4.78 is 19.8. The van der Waals surface area contributed by atoms with Crippen LogP contribution < -0.4 is 0 Å². The van der Waals surface area contributed by atoms with E-state index in [2.05, 4.69) is 15.0 Å². The van der Waals surface area contributed by atoms with Crippen LogP contribution in [0, 0.1) is 6.92 Å². The van der Waals surface area contributed by atoms with Gasteiger partial charge in [0.1, 0.15) is 29.0 Å². The molecule has 9 heteroatoms. The van der Waals surface area contributed by atoms with E-state index in [1.807, 2.05) is 26.8 Å². The number of rotatable bonds is 2. The Balaban J connectivity index is 1.65. The number of H-pyrrole nitrogens is 1. The first-order valence-corrected chi connectivity index (χ1v) is 8.89. The number of hydrogen-bond donors (Lipinski definition) is 2. The Hall–Kier alpha value is -1.71. The van der Waals surface area contributed by atoms with E-state index in [-0.39, 0.29) is 18.8 Å². The molecule has 8 nitrogen and oxygen atoms in total. The lowest BCUT2D eigenvalue weighted by molar-refractivity contribution is -0.199. The molecule has 2 saturated heterocycles. The van der Waals surface area contributed by atoms with E-state index in [0.29, 0.717) is 16.3 Å². The van der Waals surface area contributed by atoms with E-state index in [0.717, 1.165) is 16.6 Å². The number of imidazole rings is 1. The SMILES string of the molecule is Cc1cc2c(Cl)nc3c(ncn3[C@@H]3O[C@H](CO)[C@H]4OC(C)(C)O[C@H]43)c2[nH]1. The van der Waals surface area contributed by atoms with Crippen molar-refractivity contribution in [2.45, 2.75) is 51.1 Å². The first kappa shape index (κ1) is 16.5. The number of pyridine rings is 1. The highest BCUT2D eigenvalue weighted by Crippen LogP contribution is 2.44. The van der Waals surface area contributed by atoms with Gasteiger partial charge in [-0.05, 0) is 26.8 Å². The number of nitrogens with zero attached hydrogens (tertiary/aromatic N) is 3. The van der Waals surface area contributed by atoms with Crippen LogP contribution in [0.4, 0.5) is 0 Å². The van der Waals surface area contributed by atoms with Crippen molar-refractivity contribution < 1.29 is 19.3 Å². The summed E-state index contributed by atoms with van der Waals surface area (Å²) in [7, 11) is 0. The summed E-state index contributed by atoms with van der Waals surface area (Å²) in [6, 6.07) is 1.95. The Bertz CT molecular complexity index is 1010. The van der Waals surface area contributed by atoms with Crippen LogP contribution >= 0.6 is 11.6 Å². The molecule has 0 aromatic carbocycles. The maximum absolute atomic E-state index is 9.67. The smallest absolute Gasteiger partial charge is 0.166 e. The van der Waals surface area contributed by atoms with Crippen molar-refractivity contribution in [3.8, 4) is 0 Å². The minimum Gasteiger partial charge on any atom is -0.394 e. The number of aromatic nitrogens is 4. The number of hydrogen-bond acceptors (Lipinski definition) is 6. The molecule has 0 bridgehead atoms. The standard InChI is InChI=1S/C17H19ClN4O4/c1-7-4-8-10(20-7)11-15(21-14(8)18)22(6-19-11)16-13-12(9(5-23)24-16)25-17(2,3)26-13/h4,6,9,12-13,16,20,23H,5H2,1-3H3/t9-,12-,13-,16-/m1/s1. The molecule has 0 radical (unpaired) electrons. The van der Waals surface area contributed by atoms with Gasteiger partial charge in [0, 0.05) is 11.1 Å². The molecule has 0 saturated carbocycles. The summed E-state index contributed by atoms with van der Waals surface area (Å²) in [4.78, 5) is 12.3. The maximum atomic E-state index is 9.67. The topological polar surface area (TPSA) is 94.4 Å². The predicted octanol–water partition coefficient (Wildman–Crippen LogP) is 2.28. The number of fused-ring (bicyclic) bond motifs is 4. The van der Waals surface area contributed by atoms with Gasteiger partial charge in [0.25, 0.3) is 0 Å². The normalized spacial score (nSPS) is 30.5. The molecule has 4 atom stereocenters. The zero-order chi connectivity index (χ0) is 18.2. The van der Waals surface area contributed by atoms with E-state index < -0.39 is 18.1 Å². The van der Waals surface area contributed by atoms with Gasteiger partial charge in [-0.15, -0.1) is 0 Å². The van der Waals surface area contributed by atoms with Crippen molar-refractivity contribution in [1.82, 2.24) is 19.5 Å². The Labute approximate surface area is 154 Å². The Morgan fingerprint density at radius 3 is 2.88 bits per heavy atom. The molecule has 138 valence electrons. The molecule has 5 heterocycles. The second-order valence-corrected chi connectivity index (χ2v) is 7.64. The zero-order valence-electron chi connectivity index (χ0n) is 14.6. The number of aliphatic hydroxyl groups excluding tert-OH is 1. The second-order valence-electron chi connectivity index (χ2n) is 7.28. The minimum atomic E-state index is -0.740. The number of aryl methyl sites for hydroxylation is 1. The van der Waals surface area contributed by atoms with E-state index in [1.54, 1.807) is 10.9 Å². The molecule has 0 amide bonds. The van der Waals surface area contributed by atoms with Crippen molar-refractivity contribution in [1.29, 1.82) is 0 Å². The second kappa shape index (κ2) is 5.40. The fourth-order valence-electron chi connectivity index (χ4n) is 3.95. The van der Waals surface area contributed by atoms with Crippen LogP contribution in [0.3, 0.4) is 0 Å². The van der Waals surface area contributed by atoms with E-state index >= 15 is 0 Å². The van der Waals surface area contributed by atoms with Crippen LogP contribution in [0.1, 0.15) is 25.8 Å². The van der Waals surface area contributed by atoms with Gasteiger partial charge in [0.2, 0.25) is 0 Å².